The number of amides is 1. The van der Waals surface area contributed by atoms with E-state index >= 15 is 0 Å². The molecule has 3 aromatic rings. The first-order chi connectivity index (χ1) is 14.7. The number of carbonyl (C=O) groups is 2. The highest BCUT2D eigenvalue weighted by molar-refractivity contribution is 6.03. The summed E-state index contributed by atoms with van der Waals surface area (Å²) in [5.41, 5.74) is 8.57. The van der Waals surface area contributed by atoms with E-state index in [2.05, 4.69) is 39.9 Å². The van der Waals surface area contributed by atoms with E-state index in [1.54, 1.807) is 37.3 Å². The fourth-order valence-corrected chi connectivity index (χ4v) is 3.74. The van der Waals surface area contributed by atoms with E-state index in [1.165, 1.54) is 33.4 Å². The lowest BCUT2D eigenvalue weighted by atomic mass is 9.88. The number of anilines is 1. The first kappa shape index (κ1) is 22.3. The van der Waals surface area contributed by atoms with Crippen molar-refractivity contribution in [1.29, 1.82) is 0 Å². The summed E-state index contributed by atoms with van der Waals surface area (Å²) in [5, 5.41) is 2.78. The molecule has 1 aromatic heterocycles. The highest BCUT2D eigenvalue weighted by Gasteiger charge is 2.17. The molecule has 1 amide bonds. The topological polar surface area (TPSA) is 68.5 Å². The zero-order chi connectivity index (χ0) is 22.7. The Balaban J connectivity index is 1.77. The maximum atomic E-state index is 12.7. The lowest BCUT2D eigenvalue weighted by Crippen LogP contribution is -2.12. The van der Waals surface area contributed by atoms with Crippen molar-refractivity contribution in [3.63, 3.8) is 0 Å². The van der Waals surface area contributed by atoms with Gasteiger partial charge in [0.2, 0.25) is 0 Å². The van der Waals surface area contributed by atoms with E-state index in [0.717, 1.165) is 5.76 Å². The Bertz CT molecular complexity index is 1110. The summed E-state index contributed by atoms with van der Waals surface area (Å²) in [4.78, 5) is 24.6. The molecule has 0 spiro atoms. The number of nitrogens with one attached hydrogen (secondary N) is 1. The number of rotatable bonds is 6. The maximum absolute atomic E-state index is 12.7. The smallest absolute Gasteiger partial charge is 0.338 e. The molecule has 0 unspecified atom stereocenters. The Morgan fingerprint density at radius 1 is 0.903 bits per heavy atom. The van der Waals surface area contributed by atoms with Gasteiger partial charge in [0.05, 0.1) is 12.2 Å². The zero-order valence-corrected chi connectivity index (χ0v) is 19.0. The number of hydrogen-bond donors (Lipinski definition) is 1. The molecule has 0 radical (unpaired) electrons. The minimum atomic E-state index is -0.423. The van der Waals surface area contributed by atoms with E-state index in [1.807, 2.05) is 6.07 Å². The highest BCUT2D eigenvalue weighted by atomic mass is 16.5. The highest BCUT2D eigenvalue weighted by Crippen LogP contribution is 2.28. The molecule has 0 aliphatic rings. The third-order valence-electron chi connectivity index (χ3n) is 6.02. The van der Waals surface area contributed by atoms with Crippen LogP contribution in [0.5, 0.6) is 0 Å². The standard InChI is InChI=1S/C26H29NO4/c1-7-30-26(29)20-9-8-10-21(13-20)27-25(28)24-12-11-22(31-24)14-23-18(5)16(3)15(2)17(4)19(23)6/h8-13H,7,14H2,1-6H3,(H,27,28). The van der Waals surface area contributed by atoms with Gasteiger partial charge in [-0.2, -0.15) is 0 Å². The van der Waals surface area contributed by atoms with Gasteiger partial charge in [0.15, 0.2) is 5.76 Å². The molecule has 0 aliphatic carbocycles. The molecule has 1 N–H and O–H groups in total. The summed E-state index contributed by atoms with van der Waals surface area (Å²) in [5.74, 6) is 0.178. The number of esters is 1. The van der Waals surface area contributed by atoms with Gasteiger partial charge >= 0.3 is 5.97 Å². The lowest BCUT2D eigenvalue weighted by Gasteiger charge is -2.18. The first-order valence-electron chi connectivity index (χ1n) is 10.5. The molecule has 0 saturated carbocycles. The van der Waals surface area contributed by atoms with Crippen LogP contribution in [0.25, 0.3) is 0 Å². The fourth-order valence-electron chi connectivity index (χ4n) is 3.74. The predicted molar refractivity (Wildman–Crippen MR) is 122 cm³/mol. The summed E-state index contributed by atoms with van der Waals surface area (Å²) >= 11 is 0. The molecule has 0 fully saturated rings. The molecule has 0 aliphatic heterocycles. The average Bonchev–Trinajstić information content (AvgIpc) is 3.23. The van der Waals surface area contributed by atoms with Crippen molar-refractivity contribution in [2.24, 2.45) is 0 Å². The van der Waals surface area contributed by atoms with Gasteiger partial charge in [0.25, 0.3) is 5.91 Å². The van der Waals surface area contributed by atoms with Crippen LogP contribution in [0, 0.1) is 34.6 Å². The third-order valence-corrected chi connectivity index (χ3v) is 6.02. The van der Waals surface area contributed by atoms with Gasteiger partial charge in [0.1, 0.15) is 5.76 Å². The number of benzene rings is 2. The van der Waals surface area contributed by atoms with E-state index in [-0.39, 0.29) is 11.7 Å². The van der Waals surface area contributed by atoms with Crippen molar-refractivity contribution in [3.05, 3.63) is 86.9 Å². The molecule has 162 valence electrons. The quantitative estimate of drug-likeness (QED) is 0.510. The Labute approximate surface area is 183 Å². The molecule has 0 atom stereocenters. The van der Waals surface area contributed by atoms with Crippen molar-refractivity contribution < 1.29 is 18.7 Å². The molecule has 5 heteroatoms. The number of ether oxygens (including phenoxy) is 1. The van der Waals surface area contributed by atoms with Crippen LogP contribution in [0.1, 0.15) is 67.0 Å². The van der Waals surface area contributed by atoms with Crippen LogP contribution in [0.2, 0.25) is 0 Å². The second-order valence-electron chi connectivity index (χ2n) is 7.80. The minimum absolute atomic E-state index is 0.229. The summed E-state index contributed by atoms with van der Waals surface area (Å²) in [6.45, 7) is 12.8. The van der Waals surface area contributed by atoms with Gasteiger partial charge < -0.3 is 14.5 Å². The van der Waals surface area contributed by atoms with E-state index in [0.29, 0.717) is 24.3 Å². The Morgan fingerprint density at radius 3 is 2.19 bits per heavy atom. The Hall–Kier alpha value is -3.34. The van der Waals surface area contributed by atoms with Crippen molar-refractivity contribution in [2.45, 2.75) is 48.0 Å². The van der Waals surface area contributed by atoms with Crippen LogP contribution in [-0.4, -0.2) is 18.5 Å². The lowest BCUT2D eigenvalue weighted by molar-refractivity contribution is 0.0526. The molecular formula is C26H29NO4. The Kier molecular flexibility index (Phi) is 6.64. The van der Waals surface area contributed by atoms with Crippen LogP contribution >= 0.6 is 0 Å². The monoisotopic (exact) mass is 419 g/mol. The van der Waals surface area contributed by atoms with Crippen molar-refractivity contribution >= 4 is 17.6 Å². The van der Waals surface area contributed by atoms with Gasteiger partial charge in [-0.1, -0.05) is 6.07 Å². The van der Waals surface area contributed by atoms with Crippen molar-refractivity contribution in [1.82, 2.24) is 0 Å². The van der Waals surface area contributed by atoms with Gasteiger partial charge in [0, 0.05) is 12.1 Å². The van der Waals surface area contributed by atoms with E-state index in [4.69, 9.17) is 9.15 Å². The number of hydrogen-bond acceptors (Lipinski definition) is 4. The van der Waals surface area contributed by atoms with Crippen molar-refractivity contribution in [2.75, 3.05) is 11.9 Å². The average molecular weight is 420 g/mol. The fraction of sp³-hybridized carbons (Fsp3) is 0.308. The third kappa shape index (κ3) is 4.71. The van der Waals surface area contributed by atoms with Crippen LogP contribution < -0.4 is 5.32 Å². The second-order valence-corrected chi connectivity index (χ2v) is 7.80. The molecule has 2 aromatic carbocycles. The largest absolute Gasteiger partial charge is 0.462 e. The molecule has 31 heavy (non-hydrogen) atoms. The summed E-state index contributed by atoms with van der Waals surface area (Å²) in [7, 11) is 0. The molecule has 0 saturated heterocycles. The molecule has 1 heterocycles. The van der Waals surface area contributed by atoms with Gasteiger partial charge in [-0.3, -0.25) is 4.79 Å². The molecule has 5 nitrogen and oxygen atoms in total. The van der Waals surface area contributed by atoms with Gasteiger partial charge in [-0.05, 0) is 105 Å². The summed E-state index contributed by atoms with van der Waals surface area (Å²) < 4.78 is 10.9. The van der Waals surface area contributed by atoms with Crippen LogP contribution in [0.4, 0.5) is 5.69 Å². The minimum Gasteiger partial charge on any atom is -0.462 e. The van der Waals surface area contributed by atoms with Crippen LogP contribution in [-0.2, 0) is 11.2 Å². The molecule has 0 bridgehead atoms. The normalized spacial score (nSPS) is 10.8. The molecular weight excluding hydrogens is 390 g/mol. The van der Waals surface area contributed by atoms with E-state index in [9.17, 15) is 9.59 Å². The summed E-state index contributed by atoms with van der Waals surface area (Å²) in [6.07, 6.45) is 0.630. The van der Waals surface area contributed by atoms with Gasteiger partial charge in [-0.25, -0.2) is 4.79 Å². The summed E-state index contributed by atoms with van der Waals surface area (Å²) in [6, 6.07) is 10.2. The molecule has 3 rings (SSSR count). The Morgan fingerprint density at radius 2 is 1.55 bits per heavy atom. The number of carbonyl (C=O) groups excluding carboxylic acids is 2. The maximum Gasteiger partial charge on any atom is 0.338 e. The SMILES string of the molecule is CCOC(=O)c1cccc(NC(=O)c2ccc(Cc3c(C)c(C)c(C)c(C)c3C)o2)c1. The zero-order valence-electron chi connectivity index (χ0n) is 19.0. The van der Waals surface area contributed by atoms with Crippen molar-refractivity contribution in [3.8, 4) is 0 Å². The predicted octanol–water partition coefficient (Wildman–Crippen LogP) is 5.84. The second kappa shape index (κ2) is 9.21. The van der Waals surface area contributed by atoms with Crippen LogP contribution in [0.15, 0.2) is 40.8 Å². The number of furan rings is 1. The van der Waals surface area contributed by atoms with Crippen LogP contribution in [0.3, 0.4) is 0 Å². The first-order valence-corrected chi connectivity index (χ1v) is 10.5. The van der Waals surface area contributed by atoms with E-state index < -0.39 is 5.97 Å². The van der Waals surface area contributed by atoms with Gasteiger partial charge in [-0.15, -0.1) is 0 Å².